The Morgan fingerprint density at radius 1 is 0.765 bits per heavy atom. The molecule has 0 aliphatic rings. The van der Waals surface area contributed by atoms with Crippen LogP contribution >= 0.6 is 22.2 Å². The molecule has 0 aliphatic heterocycles. The van der Waals surface area contributed by atoms with Crippen molar-refractivity contribution in [1.82, 2.24) is 4.23 Å². The first-order valence-electron chi connectivity index (χ1n) is 6.57. The topological polar surface area (TPSA) is 3.24 Å². The van der Waals surface area contributed by atoms with E-state index in [0.717, 1.165) is 0 Å². The summed E-state index contributed by atoms with van der Waals surface area (Å²) in [5.41, 5.74) is 2.01. The third kappa shape index (κ3) is 3.50. The van der Waals surface area contributed by atoms with E-state index in [1.54, 1.807) is 0 Å². The lowest BCUT2D eigenvalue weighted by molar-refractivity contribution is 0.485. The summed E-state index contributed by atoms with van der Waals surface area (Å²) in [6.45, 7) is 18.5. The molecular weight excluding hydrogens is 285 g/mol. The molecule has 0 amide bonds. The van der Waals surface area contributed by atoms with E-state index < -0.39 is 15.8 Å². The molecule has 0 N–H and O–H groups in total. The summed E-state index contributed by atoms with van der Waals surface area (Å²) < 4.78 is 2.51. The zero-order valence-electron chi connectivity index (χ0n) is 12.5. The van der Waals surface area contributed by atoms with Crippen LogP contribution in [0.5, 0.6) is 0 Å². The monoisotopic (exact) mass is 312 g/mol. The second-order valence-corrected chi connectivity index (χ2v) is 15.9. The van der Waals surface area contributed by atoms with Gasteiger partial charge in [0.15, 0.2) is 0 Å². The second-order valence-electron chi connectivity index (χ2n) is 6.06. The largest absolute Gasteiger partial charge is 0.353 e. The minimum Gasteiger partial charge on any atom is -0.318 e. The fourth-order valence-electron chi connectivity index (χ4n) is 3.62. The van der Waals surface area contributed by atoms with Crippen LogP contribution in [0.25, 0.3) is 0 Å². The van der Waals surface area contributed by atoms with E-state index in [1.165, 1.54) is 0 Å². The fourth-order valence-corrected chi connectivity index (χ4v) is 17.9. The van der Waals surface area contributed by atoms with Gasteiger partial charge in [-0.05, 0) is 22.7 Å². The summed E-state index contributed by atoms with van der Waals surface area (Å²) in [5, 5.41) is 0. The van der Waals surface area contributed by atoms with E-state index in [9.17, 15) is 0 Å². The average molecular weight is 313 g/mol. The molecule has 0 aromatic rings. The minimum atomic E-state index is -1.67. The average Bonchev–Trinajstić information content (AvgIpc) is 2.09. The smallest absolute Gasteiger partial charge is 0.318 e. The Bertz CT molecular complexity index is 201. The van der Waals surface area contributed by atoms with E-state index in [0.29, 0.717) is 22.7 Å². The van der Waals surface area contributed by atoms with Crippen LogP contribution in [0.3, 0.4) is 0 Å². The molecule has 17 heavy (non-hydrogen) atoms. The van der Waals surface area contributed by atoms with Crippen molar-refractivity contribution in [2.75, 3.05) is 0 Å². The van der Waals surface area contributed by atoms with Crippen molar-refractivity contribution in [3.63, 3.8) is 0 Å². The summed E-state index contributed by atoms with van der Waals surface area (Å²) in [4.78, 5) is 0. The van der Waals surface area contributed by atoms with Crippen molar-refractivity contribution in [2.45, 2.75) is 78.1 Å². The predicted molar refractivity (Wildman–Crippen MR) is 85.5 cm³/mol. The quantitative estimate of drug-likeness (QED) is 0.473. The van der Waals surface area contributed by atoms with Gasteiger partial charge < -0.3 is 4.23 Å². The van der Waals surface area contributed by atoms with E-state index >= 15 is 0 Å². The van der Waals surface area contributed by atoms with Crippen molar-refractivity contribution in [3.8, 4) is 0 Å². The molecule has 0 heterocycles. The number of halogens is 2. The first-order valence-corrected chi connectivity index (χ1v) is 12.2. The van der Waals surface area contributed by atoms with Gasteiger partial charge in [0.25, 0.3) is 0 Å². The number of nitrogens with zero attached hydrogens (tertiary/aromatic N) is 1. The van der Waals surface area contributed by atoms with Gasteiger partial charge in [-0.3, -0.25) is 0 Å². The SMILES string of the molecule is CC(C)N([Si](Cl)Cl)[Si](C(C)C)(C(C)C)C(C)C. The summed E-state index contributed by atoms with van der Waals surface area (Å²) in [7, 11) is -3.09. The first-order chi connectivity index (χ1) is 7.59. The normalized spacial score (nSPS) is 14.1. The lowest BCUT2D eigenvalue weighted by Gasteiger charge is -2.53. The van der Waals surface area contributed by atoms with Crippen molar-refractivity contribution in [3.05, 3.63) is 0 Å². The number of hydrogen-bond donors (Lipinski definition) is 0. The molecule has 0 atom stereocenters. The van der Waals surface area contributed by atoms with Crippen molar-refractivity contribution >= 4 is 38.0 Å². The third-order valence-electron chi connectivity index (χ3n) is 3.89. The highest BCUT2D eigenvalue weighted by molar-refractivity contribution is 7.34. The Hall–Kier alpha value is 0.974. The van der Waals surface area contributed by atoms with Crippen LogP contribution in [0.15, 0.2) is 0 Å². The van der Waals surface area contributed by atoms with Gasteiger partial charge in [-0.2, -0.15) is 0 Å². The molecular formula is C12H28Cl2NSi2. The molecule has 0 fully saturated rings. The zero-order chi connectivity index (χ0) is 14.0. The van der Waals surface area contributed by atoms with Gasteiger partial charge in [0.1, 0.15) is 8.24 Å². The standard InChI is InChI=1S/C12H28Cl2NSi2/c1-9(2)15(16(13)14)17(10(3)4,11(5)6)12(7)8/h9-12H,1-8H3. The van der Waals surface area contributed by atoms with Crippen LogP contribution in [0.1, 0.15) is 55.4 Å². The molecule has 103 valence electrons. The highest BCUT2D eigenvalue weighted by Crippen LogP contribution is 2.45. The molecule has 0 spiro atoms. The van der Waals surface area contributed by atoms with Crippen LogP contribution in [0.2, 0.25) is 16.6 Å². The number of rotatable bonds is 6. The van der Waals surface area contributed by atoms with E-state index in [-0.39, 0.29) is 0 Å². The lowest BCUT2D eigenvalue weighted by atomic mass is 10.4. The lowest BCUT2D eigenvalue weighted by Crippen LogP contribution is -2.65. The van der Waals surface area contributed by atoms with Crippen LogP contribution in [0, 0.1) is 0 Å². The molecule has 0 unspecified atom stereocenters. The highest BCUT2D eigenvalue weighted by atomic mass is 35.7. The van der Waals surface area contributed by atoms with Gasteiger partial charge in [-0.25, -0.2) is 0 Å². The molecule has 0 aromatic carbocycles. The maximum Gasteiger partial charge on any atom is 0.353 e. The molecule has 1 radical (unpaired) electrons. The molecule has 0 aromatic heterocycles. The summed E-state index contributed by atoms with van der Waals surface area (Å²) in [5.74, 6) is 0. The molecule has 0 aliphatic carbocycles. The molecule has 5 heteroatoms. The third-order valence-corrected chi connectivity index (χ3v) is 15.4. The van der Waals surface area contributed by atoms with Gasteiger partial charge in [0.05, 0.1) is 0 Å². The Morgan fingerprint density at radius 2 is 1.06 bits per heavy atom. The minimum absolute atomic E-state index is 0.442. The zero-order valence-corrected chi connectivity index (χ0v) is 16.0. The predicted octanol–water partition coefficient (Wildman–Crippen LogP) is 5.33. The molecule has 1 nitrogen and oxygen atoms in total. The Kier molecular flexibility index (Phi) is 7.34. The maximum atomic E-state index is 6.38. The highest BCUT2D eigenvalue weighted by Gasteiger charge is 2.51. The molecule has 0 bridgehead atoms. The van der Waals surface area contributed by atoms with Crippen molar-refractivity contribution in [1.29, 1.82) is 0 Å². The molecule has 0 rings (SSSR count). The van der Waals surface area contributed by atoms with Crippen LogP contribution in [-0.2, 0) is 0 Å². The Balaban J connectivity index is 5.70. The maximum absolute atomic E-state index is 6.38. The van der Waals surface area contributed by atoms with Gasteiger partial charge in [-0.1, -0.05) is 55.4 Å². The summed E-state index contributed by atoms with van der Waals surface area (Å²) in [6.07, 6.45) is 0. The first kappa shape index (κ1) is 18.0. The Labute approximate surface area is 120 Å². The summed E-state index contributed by atoms with van der Waals surface area (Å²) >= 11 is 12.8. The van der Waals surface area contributed by atoms with Gasteiger partial charge in [-0.15, -0.1) is 22.2 Å². The van der Waals surface area contributed by atoms with Gasteiger partial charge in [0, 0.05) is 0 Å². The van der Waals surface area contributed by atoms with Crippen LogP contribution in [0.4, 0.5) is 0 Å². The fraction of sp³-hybridized carbons (Fsp3) is 1.00. The Morgan fingerprint density at radius 3 is 1.12 bits per heavy atom. The van der Waals surface area contributed by atoms with Gasteiger partial charge >= 0.3 is 7.58 Å². The van der Waals surface area contributed by atoms with Crippen LogP contribution < -0.4 is 0 Å². The van der Waals surface area contributed by atoms with E-state index in [1.807, 2.05) is 0 Å². The summed E-state index contributed by atoms with van der Waals surface area (Å²) in [6, 6.07) is 0.442. The van der Waals surface area contributed by atoms with Crippen molar-refractivity contribution < 1.29 is 0 Å². The molecule has 0 saturated heterocycles. The molecule has 0 saturated carbocycles. The van der Waals surface area contributed by atoms with Gasteiger partial charge in [0.2, 0.25) is 0 Å². The van der Waals surface area contributed by atoms with Crippen LogP contribution in [-0.4, -0.2) is 26.1 Å². The van der Waals surface area contributed by atoms with E-state index in [4.69, 9.17) is 22.2 Å². The van der Waals surface area contributed by atoms with E-state index in [2.05, 4.69) is 59.6 Å². The van der Waals surface area contributed by atoms with Crippen molar-refractivity contribution in [2.24, 2.45) is 0 Å². The number of hydrogen-bond acceptors (Lipinski definition) is 1. The second kappa shape index (κ2) is 6.94.